The Labute approximate surface area is 314 Å². The zero-order chi connectivity index (χ0) is 36.0. The van der Waals surface area contributed by atoms with E-state index in [1.165, 1.54) is 30.8 Å². The van der Waals surface area contributed by atoms with Crippen LogP contribution in [0.15, 0.2) is 91.3 Å². The fourth-order valence-corrected chi connectivity index (χ4v) is 11.2. The number of aromatic nitrogens is 2. The number of ether oxygens (including phenoxy) is 1. The van der Waals surface area contributed by atoms with E-state index >= 15 is 0 Å². The van der Waals surface area contributed by atoms with Crippen molar-refractivity contribution in [3.05, 3.63) is 120 Å². The van der Waals surface area contributed by atoms with Gasteiger partial charge in [0.2, 0.25) is 0 Å². The first kappa shape index (κ1) is 34.1. The summed E-state index contributed by atoms with van der Waals surface area (Å²) in [6.45, 7) is 9.62. The Morgan fingerprint density at radius 2 is 1.47 bits per heavy atom. The number of nitrogens with zero attached hydrogens (tertiary/aromatic N) is 2. The van der Waals surface area contributed by atoms with Crippen LogP contribution >= 0.6 is 11.3 Å². The topological polar surface area (TPSA) is 35.0 Å². The second-order valence-corrected chi connectivity index (χ2v) is 25.3. The third kappa shape index (κ3) is 7.71. The van der Waals surface area contributed by atoms with E-state index in [4.69, 9.17) is 12.5 Å². The van der Waals surface area contributed by atoms with Gasteiger partial charge in [0.25, 0.3) is 0 Å². The van der Waals surface area contributed by atoms with Crippen LogP contribution in [0.3, 0.4) is 0 Å². The fraction of sp³-hybridized carbons (Fsp3) is 0.256. The molecule has 4 aromatic carbocycles. The van der Waals surface area contributed by atoms with Crippen molar-refractivity contribution in [2.75, 3.05) is 7.11 Å². The van der Waals surface area contributed by atoms with Crippen LogP contribution in [-0.4, -0.2) is 30.3 Å². The molecule has 0 saturated heterocycles. The van der Waals surface area contributed by atoms with E-state index in [0.717, 1.165) is 49.5 Å². The third-order valence-corrected chi connectivity index (χ3v) is 14.5. The van der Waals surface area contributed by atoms with E-state index in [9.17, 15) is 0 Å². The average Bonchev–Trinajstić information content (AvgIpc) is 3.46. The van der Waals surface area contributed by atoms with Crippen molar-refractivity contribution >= 4 is 59.9 Å². The van der Waals surface area contributed by atoms with Crippen molar-refractivity contribution < 1.29 is 27.6 Å². The summed E-state index contributed by atoms with van der Waals surface area (Å²) in [5.41, 5.74) is 6.82. The second-order valence-electron chi connectivity index (χ2n) is 13.8. The van der Waals surface area contributed by atoms with Gasteiger partial charge in [-0.1, -0.05) is 51.3 Å². The summed E-state index contributed by atoms with van der Waals surface area (Å²) in [6, 6.07) is 33.4. The van der Waals surface area contributed by atoms with Gasteiger partial charge in [-0.15, -0.1) is 23.8 Å². The Hall–Kier alpha value is -3.35. The van der Waals surface area contributed by atoms with Gasteiger partial charge in [-0.2, -0.15) is 11.3 Å². The van der Waals surface area contributed by atoms with Gasteiger partial charge in [-0.25, -0.2) is 0 Å². The number of benzene rings is 4. The van der Waals surface area contributed by atoms with Gasteiger partial charge in [0.05, 0.1) is 7.11 Å². The number of hydrogen-bond acceptors (Lipinski definition) is 4. The Morgan fingerprint density at radius 1 is 0.755 bits per heavy atom. The number of aryl methyl sites for hydroxylation is 1. The molecular formula is C43H44GeIrN2OS-2. The van der Waals surface area contributed by atoms with Gasteiger partial charge in [-0.3, -0.25) is 0 Å². The van der Waals surface area contributed by atoms with Crippen molar-refractivity contribution in [3.8, 4) is 28.3 Å². The van der Waals surface area contributed by atoms with Crippen molar-refractivity contribution in [1.82, 2.24) is 9.97 Å². The van der Waals surface area contributed by atoms with Gasteiger partial charge >= 0.3 is 106 Å². The number of thiophene rings is 1. The molecule has 49 heavy (non-hydrogen) atoms. The van der Waals surface area contributed by atoms with E-state index in [2.05, 4.69) is 90.0 Å². The average molecular weight is 904 g/mol. The minimum Gasteiger partial charge on any atom is -0.497 e. The molecule has 0 N–H and O–H groups in total. The van der Waals surface area contributed by atoms with E-state index in [1.807, 2.05) is 64.1 Å². The summed E-state index contributed by atoms with van der Waals surface area (Å²) in [7, 11) is 1.69. The number of fused-ring (bicyclic) bond motifs is 5. The normalized spacial score (nSPS) is 12.6. The van der Waals surface area contributed by atoms with Gasteiger partial charge < -0.3 is 9.72 Å². The monoisotopic (exact) mass is 905 g/mol. The fourth-order valence-electron chi connectivity index (χ4n) is 6.27. The molecule has 0 saturated carbocycles. The molecule has 0 aliphatic heterocycles. The molecular weight excluding hydrogens is 857 g/mol. The van der Waals surface area contributed by atoms with Crippen LogP contribution in [0.1, 0.15) is 58.9 Å². The summed E-state index contributed by atoms with van der Waals surface area (Å²) in [4.78, 5) is 9.34. The van der Waals surface area contributed by atoms with E-state index in [0.29, 0.717) is 0 Å². The summed E-state index contributed by atoms with van der Waals surface area (Å²) < 4.78 is 26.5. The first-order chi connectivity index (χ1) is 23.6. The maximum Gasteiger partial charge on any atom is 0.119 e. The van der Waals surface area contributed by atoms with E-state index in [-0.39, 0.29) is 20.1 Å². The second kappa shape index (κ2) is 15.3. The molecule has 1 radical (unpaired) electrons. The molecule has 0 unspecified atom stereocenters. The largest absolute Gasteiger partial charge is 0.497 e. The summed E-state index contributed by atoms with van der Waals surface area (Å²) in [5, 5.41) is 4.75. The molecule has 3 nitrogen and oxygen atoms in total. The Bertz CT molecular complexity index is 2340. The Kier molecular flexibility index (Phi) is 10.6. The van der Waals surface area contributed by atoms with Crippen LogP contribution < -0.4 is 9.13 Å². The van der Waals surface area contributed by atoms with Gasteiger partial charge in [0, 0.05) is 33.7 Å². The number of pyridine rings is 2. The summed E-state index contributed by atoms with van der Waals surface area (Å²) >= 11 is -0.0194. The van der Waals surface area contributed by atoms with E-state index in [1.54, 1.807) is 24.6 Å². The first-order valence-corrected chi connectivity index (χ1v) is 24.5. The number of rotatable bonds is 6. The minimum atomic E-state index is -1.77. The molecule has 0 aliphatic rings. The Balaban J connectivity index is 0.000000237. The maximum absolute atomic E-state index is 8.70. The molecule has 3 aromatic heterocycles. The molecule has 253 valence electrons. The van der Waals surface area contributed by atoms with Crippen LogP contribution in [0, 0.1) is 19.1 Å². The zero-order valence-corrected chi connectivity index (χ0v) is 35.0. The number of methoxy groups -OCH3 is 1. The molecule has 0 fully saturated rings. The molecule has 3 heterocycles. The van der Waals surface area contributed by atoms with Gasteiger partial charge in [0.15, 0.2) is 0 Å². The smallest absolute Gasteiger partial charge is 0.119 e. The van der Waals surface area contributed by atoms with Crippen molar-refractivity contribution in [2.24, 2.45) is 0 Å². The van der Waals surface area contributed by atoms with Crippen LogP contribution in [0.25, 0.3) is 53.5 Å². The minimum absolute atomic E-state index is 0. The first-order valence-electron chi connectivity index (χ1n) is 17.4. The summed E-state index contributed by atoms with van der Waals surface area (Å²) in [6.07, 6.45) is 3.85. The predicted octanol–water partition coefficient (Wildman–Crippen LogP) is 11.7. The predicted molar refractivity (Wildman–Crippen MR) is 210 cm³/mol. The van der Waals surface area contributed by atoms with Crippen LogP contribution in [0.4, 0.5) is 0 Å². The molecule has 7 aromatic rings. The van der Waals surface area contributed by atoms with Crippen molar-refractivity contribution in [2.45, 2.75) is 63.7 Å². The molecule has 0 atom stereocenters. The molecule has 6 heteroatoms. The molecule has 0 aliphatic carbocycles. The number of hydrogen-bond donors (Lipinski definition) is 0. The Morgan fingerprint density at radius 3 is 2.12 bits per heavy atom. The van der Waals surface area contributed by atoms with Crippen LogP contribution in [-0.2, 0) is 20.1 Å². The third-order valence-electron chi connectivity index (χ3n) is 8.76. The van der Waals surface area contributed by atoms with Crippen LogP contribution in [0.5, 0.6) is 5.75 Å². The van der Waals surface area contributed by atoms with Crippen molar-refractivity contribution in [1.29, 1.82) is 0 Å². The SMILES string of the molecule is Cc1cc(-c2[c-]cccc2)nc[c]1[Ge]([CH3])([CH3])[CH3].[2H]C(C)(C)c1cnc(-c2[c-]ccc3c2sc2c4ccc(OC)cc4ccc32)cc1C([2H])(C)C.[Ir]. The van der Waals surface area contributed by atoms with Crippen LogP contribution in [0.2, 0.25) is 17.3 Å². The molecule has 0 amide bonds. The molecule has 0 spiro atoms. The van der Waals surface area contributed by atoms with E-state index < -0.39 is 25.1 Å². The standard InChI is InChI=1S/C28H26NOS.C15H18GeN.Ir/c1-16(2)24-14-26(29-15-25(24)17(3)4)23-8-6-7-21-22-11-9-18-13-19(30-5)10-12-20(18)27(22)31-28(21)23;1-12-10-15(13-8-6-5-7-9-13)17-11-14(12)16(2,3)4;/h6-7,9-17H,1-5H3;5-8,10-11H,1-4H3;/q2*-1;/i16D,17D;;. The molecule has 0 bridgehead atoms. The zero-order valence-electron chi connectivity index (χ0n) is 31.7. The van der Waals surface area contributed by atoms with Gasteiger partial charge in [0.1, 0.15) is 5.75 Å². The maximum atomic E-state index is 8.70. The van der Waals surface area contributed by atoms with Gasteiger partial charge in [-0.05, 0) is 67.7 Å². The van der Waals surface area contributed by atoms with Crippen molar-refractivity contribution in [3.63, 3.8) is 0 Å². The molecule has 7 rings (SSSR count). The summed E-state index contributed by atoms with van der Waals surface area (Å²) in [5.74, 6) is 6.39. The quantitative estimate of drug-likeness (QED) is 0.123.